The van der Waals surface area contributed by atoms with Gasteiger partial charge in [0.1, 0.15) is 17.8 Å². The molecule has 0 radical (unpaired) electrons. The molecule has 0 amide bonds. The Morgan fingerprint density at radius 1 is 1.12 bits per heavy atom. The lowest BCUT2D eigenvalue weighted by Crippen LogP contribution is -2.42. The molecule has 1 fully saturated rings. The SMILES string of the molecule is Cc1c[nH]c2ncnc(N3CC4(CCNCC4)c4ccccc43)c12. The molecule has 1 aromatic carbocycles. The van der Waals surface area contributed by atoms with Gasteiger partial charge in [-0.15, -0.1) is 0 Å². The largest absolute Gasteiger partial charge is 0.346 e. The minimum atomic E-state index is 0.239. The van der Waals surface area contributed by atoms with E-state index >= 15 is 0 Å². The minimum absolute atomic E-state index is 0.239. The molecule has 3 aromatic rings. The molecule has 122 valence electrons. The van der Waals surface area contributed by atoms with Gasteiger partial charge in [0.15, 0.2) is 0 Å². The predicted octanol–water partition coefficient (Wildman–Crippen LogP) is 3.04. The standard InChI is InChI=1S/C19H21N5/c1-13-10-21-17-16(13)18(23-12-22-17)24-11-19(6-8-20-9-7-19)14-4-2-3-5-15(14)24/h2-5,10,12,20H,6-9,11H2,1H3,(H,21,22,23). The summed E-state index contributed by atoms with van der Waals surface area (Å²) in [5.41, 5.74) is 5.14. The lowest BCUT2D eigenvalue weighted by Gasteiger charge is -2.34. The monoisotopic (exact) mass is 319 g/mol. The van der Waals surface area contributed by atoms with E-state index in [1.807, 2.05) is 6.20 Å². The number of aryl methyl sites for hydroxylation is 1. The fourth-order valence-electron chi connectivity index (χ4n) is 4.45. The zero-order valence-electron chi connectivity index (χ0n) is 13.8. The van der Waals surface area contributed by atoms with Crippen LogP contribution in [0.4, 0.5) is 11.5 Å². The van der Waals surface area contributed by atoms with Gasteiger partial charge in [-0.3, -0.25) is 0 Å². The molecule has 0 bridgehead atoms. The third-order valence-electron chi connectivity index (χ3n) is 5.69. The second-order valence-electron chi connectivity index (χ2n) is 7.03. The van der Waals surface area contributed by atoms with Crippen molar-refractivity contribution in [3.05, 3.63) is 47.9 Å². The predicted molar refractivity (Wildman–Crippen MR) is 95.9 cm³/mol. The number of anilines is 2. The molecule has 0 aliphatic carbocycles. The highest BCUT2D eigenvalue weighted by atomic mass is 15.2. The molecule has 2 N–H and O–H groups in total. The summed E-state index contributed by atoms with van der Waals surface area (Å²) in [5, 5.41) is 4.64. The Hall–Kier alpha value is -2.40. The quantitative estimate of drug-likeness (QED) is 0.724. The first-order chi connectivity index (χ1) is 11.8. The molecule has 0 unspecified atom stereocenters. The van der Waals surface area contributed by atoms with Crippen molar-refractivity contribution in [2.75, 3.05) is 24.5 Å². The highest BCUT2D eigenvalue weighted by Gasteiger charge is 2.44. The lowest BCUT2D eigenvalue weighted by molar-refractivity contribution is 0.329. The molecule has 1 spiro atoms. The zero-order valence-corrected chi connectivity index (χ0v) is 13.8. The van der Waals surface area contributed by atoms with Crippen molar-refractivity contribution in [2.45, 2.75) is 25.2 Å². The molecule has 5 heteroatoms. The summed E-state index contributed by atoms with van der Waals surface area (Å²) in [4.78, 5) is 14.7. The van der Waals surface area contributed by atoms with Crippen LogP contribution in [0.5, 0.6) is 0 Å². The maximum atomic E-state index is 4.68. The molecule has 0 atom stereocenters. The van der Waals surface area contributed by atoms with E-state index in [1.165, 1.54) is 29.7 Å². The maximum Gasteiger partial charge on any atom is 0.146 e. The summed E-state index contributed by atoms with van der Waals surface area (Å²) < 4.78 is 0. The van der Waals surface area contributed by atoms with Crippen LogP contribution in [-0.2, 0) is 5.41 Å². The van der Waals surface area contributed by atoms with Crippen molar-refractivity contribution in [3.63, 3.8) is 0 Å². The summed E-state index contributed by atoms with van der Waals surface area (Å²) in [6.45, 7) is 5.30. The summed E-state index contributed by atoms with van der Waals surface area (Å²) in [6.07, 6.45) is 6.05. The highest BCUT2D eigenvalue weighted by molar-refractivity contribution is 5.93. The molecule has 2 aliphatic heterocycles. The number of nitrogens with zero attached hydrogens (tertiary/aromatic N) is 3. The maximum absolute atomic E-state index is 4.68. The average molecular weight is 319 g/mol. The lowest BCUT2D eigenvalue weighted by atomic mass is 9.75. The third kappa shape index (κ3) is 1.85. The molecule has 5 rings (SSSR count). The Kier molecular flexibility index (Phi) is 2.94. The van der Waals surface area contributed by atoms with E-state index < -0.39 is 0 Å². The highest BCUT2D eigenvalue weighted by Crippen LogP contribution is 2.49. The molecule has 1 saturated heterocycles. The number of H-pyrrole nitrogens is 1. The van der Waals surface area contributed by atoms with Crippen molar-refractivity contribution in [3.8, 4) is 0 Å². The van der Waals surface area contributed by atoms with Crippen molar-refractivity contribution in [2.24, 2.45) is 0 Å². The number of aromatic nitrogens is 3. The minimum Gasteiger partial charge on any atom is -0.346 e. The number of hydrogen-bond donors (Lipinski definition) is 2. The zero-order chi connectivity index (χ0) is 16.1. The molecule has 4 heterocycles. The van der Waals surface area contributed by atoms with Crippen molar-refractivity contribution < 1.29 is 0 Å². The van der Waals surface area contributed by atoms with Crippen LogP contribution in [0.1, 0.15) is 24.0 Å². The number of para-hydroxylation sites is 1. The van der Waals surface area contributed by atoms with E-state index in [2.05, 4.69) is 56.4 Å². The average Bonchev–Trinajstić information content (AvgIpc) is 3.16. The van der Waals surface area contributed by atoms with Crippen LogP contribution in [0.2, 0.25) is 0 Å². The summed E-state index contributed by atoms with van der Waals surface area (Å²) in [5.74, 6) is 1.03. The van der Waals surface area contributed by atoms with Gasteiger partial charge in [0, 0.05) is 23.8 Å². The van der Waals surface area contributed by atoms with E-state index in [-0.39, 0.29) is 5.41 Å². The Morgan fingerprint density at radius 2 is 1.96 bits per heavy atom. The third-order valence-corrected chi connectivity index (χ3v) is 5.69. The van der Waals surface area contributed by atoms with E-state index in [1.54, 1.807) is 6.33 Å². The second kappa shape index (κ2) is 5.05. The van der Waals surface area contributed by atoms with E-state index in [0.717, 1.165) is 36.5 Å². The van der Waals surface area contributed by atoms with Crippen molar-refractivity contribution >= 4 is 22.5 Å². The Balaban J connectivity index is 1.71. The Labute approximate surface area is 141 Å². The Bertz CT molecular complexity index is 907. The van der Waals surface area contributed by atoms with Crippen LogP contribution < -0.4 is 10.2 Å². The topological polar surface area (TPSA) is 56.8 Å². The summed E-state index contributed by atoms with van der Waals surface area (Å²) in [6, 6.07) is 8.85. The number of benzene rings is 1. The number of piperidine rings is 1. The molecule has 0 saturated carbocycles. The van der Waals surface area contributed by atoms with E-state index in [0.29, 0.717) is 0 Å². The summed E-state index contributed by atoms with van der Waals surface area (Å²) in [7, 11) is 0. The molecule has 5 nitrogen and oxygen atoms in total. The number of nitrogens with one attached hydrogen (secondary N) is 2. The first kappa shape index (κ1) is 14.0. The van der Waals surface area contributed by atoms with Gasteiger partial charge in [-0.05, 0) is 50.0 Å². The fraction of sp³-hybridized carbons (Fsp3) is 0.368. The summed E-state index contributed by atoms with van der Waals surface area (Å²) >= 11 is 0. The van der Waals surface area contributed by atoms with Crippen LogP contribution in [0.3, 0.4) is 0 Å². The van der Waals surface area contributed by atoms with Gasteiger partial charge in [0.2, 0.25) is 0 Å². The first-order valence-electron chi connectivity index (χ1n) is 8.65. The fourth-order valence-corrected chi connectivity index (χ4v) is 4.45. The molecule has 24 heavy (non-hydrogen) atoms. The van der Waals surface area contributed by atoms with Crippen molar-refractivity contribution in [1.82, 2.24) is 20.3 Å². The van der Waals surface area contributed by atoms with E-state index in [4.69, 9.17) is 0 Å². The van der Waals surface area contributed by atoms with Gasteiger partial charge in [-0.2, -0.15) is 0 Å². The Morgan fingerprint density at radius 3 is 2.83 bits per heavy atom. The molecule has 2 aromatic heterocycles. The van der Waals surface area contributed by atoms with Crippen LogP contribution in [0.25, 0.3) is 11.0 Å². The second-order valence-corrected chi connectivity index (χ2v) is 7.03. The van der Waals surface area contributed by atoms with Crippen molar-refractivity contribution in [1.29, 1.82) is 0 Å². The number of aromatic amines is 1. The van der Waals surface area contributed by atoms with Gasteiger partial charge >= 0.3 is 0 Å². The number of rotatable bonds is 1. The van der Waals surface area contributed by atoms with Crippen LogP contribution in [-0.4, -0.2) is 34.6 Å². The number of fused-ring (bicyclic) bond motifs is 3. The molecular formula is C19H21N5. The van der Waals surface area contributed by atoms with Crippen LogP contribution in [0, 0.1) is 6.92 Å². The van der Waals surface area contributed by atoms with Crippen LogP contribution >= 0.6 is 0 Å². The van der Waals surface area contributed by atoms with Gasteiger partial charge in [-0.25, -0.2) is 9.97 Å². The van der Waals surface area contributed by atoms with Gasteiger partial charge in [0.05, 0.1) is 5.39 Å². The van der Waals surface area contributed by atoms with Gasteiger partial charge in [-0.1, -0.05) is 18.2 Å². The van der Waals surface area contributed by atoms with Crippen LogP contribution in [0.15, 0.2) is 36.8 Å². The number of hydrogen-bond acceptors (Lipinski definition) is 4. The first-order valence-corrected chi connectivity index (χ1v) is 8.65. The van der Waals surface area contributed by atoms with E-state index in [9.17, 15) is 0 Å². The van der Waals surface area contributed by atoms with Gasteiger partial charge in [0.25, 0.3) is 0 Å². The molecular weight excluding hydrogens is 298 g/mol. The smallest absolute Gasteiger partial charge is 0.146 e. The molecule has 2 aliphatic rings. The normalized spacial score (nSPS) is 19.1. The van der Waals surface area contributed by atoms with Gasteiger partial charge < -0.3 is 15.2 Å².